The lowest BCUT2D eigenvalue weighted by molar-refractivity contribution is 0.405. The van der Waals surface area contributed by atoms with Crippen LogP contribution in [-0.2, 0) is 0 Å². The van der Waals surface area contributed by atoms with Crippen molar-refractivity contribution in [2.24, 2.45) is 5.92 Å². The average molecular weight is 302 g/mol. The van der Waals surface area contributed by atoms with Crippen LogP contribution in [0.5, 0.6) is 11.5 Å². The van der Waals surface area contributed by atoms with Gasteiger partial charge in [0.25, 0.3) is 0 Å². The summed E-state index contributed by atoms with van der Waals surface area (Å²) >= 11 is 0. The van der Waals surface area contributed by atoms with Gasteiger partial charge in [-0.2, -0.15) is 0 Å². The molecule has 0 saturated heterocycles. The van der Waals surface area contributed by atoms with Gasteiger partial charge >= 0.3 is 0 Å². The van der Waals surface area contributed by atoms with Gasteiger partial charge in [-0.3, -0.25) is 0 Å². The van der Waals surface area contributed by atoms with Crippen LogP contribution in [0.4, 0.5) is 17.3 Å². The zero-order valence-electron chi connectivity index (χ0n) is 13.4. The first kappa shape index (κ1) is 15.9. The fourth-order valence-corrected chi connectivity index (χ4v) is 1.88. The van der Waals surface area contributed by atoms with Crippen LogP contribution in [0.3, 0.4) is 0 Å². The molecule has 0 radical (unpaired) electrons. The molecule has 118 valence electrons. The molecule has 0 saturated carbocycles. The Kier molecular flexibility index (Phi) is 5.41. The molecule has 0 amide bonds. The van der Waals surface area contributed by atoms with E-state index in [1.54, 1.807) is 14.2 Å². The average Bonchev–Trinajstić information content (AvgIpc) is 2.53. The van der Waals surface area contributed by atoms with Crippen LogP contribution in [0.1, 0.15) is 13.8 Å². The minimum Gasteiger partial charge on any atom is -0.497 e. The van der Waals surface area contributed by atoms with Crippen LogP contribution in [-0.4, -0.2) is 30.7 Å². The summed E-state index contributed by atoms with van der Waals surface area (Å²) < 4.78 is 10.6. The highest BCUT2D eigenvalue weighted by Crippen LogP contribution is 2.31. The molecule has 1 aromatic carbocycles. The summed E-state index contributed by atoms with van der Waals surface area (Å²) in [4.78, 5) is 8.45. The van der Waals surface area contributed by atoms with Crippen molar-refractivity contribution >= 4 is 17.3 Å². The first-order valence-electron chi connectivity index (χ1n) is 7.17. The van der Waals surface area contributed by atoms with E-state index in [9.17, 15) is 0 Å². The fourth-order valence-electron chi connectivity index (χ4n) is 1.88. The minimum atomic E-state index is 0.546. The predicted molar refractivity (Wildman–Crippen MR) is 88.2 cm³/mol. The first-order valence-corrected chi connectivity index (χ1v) is 7.17. The first-order chi connectivity index (χ1) is 10.6. The van der Waals surface area contributed by atoms with Gasteiger partial charge in [-0.05, 0) is 18.1 Å². The van der Waals surface area contributed by atoms with E-state index in [1.807, 2.05) is 24.3 Å². The quantitative estimate of drug-likeness (QED) is 0.818. The molecular weight excluding hydrogens is 280 g/mol. The standard InChI is InChI=1S/C16H22N4O2/c1-11(2)9-17-15-8-16(19-10-18-15)20-13-7-12(21-3)5-6-14(13)22-4/h5-8,10-11H,9H2,1-4H3,(H2,17,18,19,20). The lowest BCUT2D eigenvalue weighted by Gasteiger charge is -2.13. The molecule has 0 fully saturated rings. The van der Waals surface area contributed by atoms with Crippen LogP contribution in [0.25, 0.3) is 0 Å². The lowest BCUT2D eigenvalue weighted by atomic mass is 10.2. The molecule has 6 nitrogen and oxygen atoms in total. The second-order valence-electron chi connectivity index (χ2n) is 5.25. The van der Waals surface area contributed by atoms with Gasteiger partial charge in [-0.1, -0.05) is 13.8 Å². The summed E-state index contributed by atoms with van der Waals surface area (Å²) in [5.41, 5.74) is 0.787. The van der Waals surface area contributed by atoms with E-state index in [-0.39, 0.29) is 0 Å². The van der Waals surface area contributed by atoms with Gasteiger partial charge in [-0.15, -0.1) is 0 Å². The van der Waals surface area contributed by atoms with Crippen molar-refractivity contribution in [2.45, 2.75) is 13.8 Å². The summed E-state index contributed by atoms with van der Waals surface area (Å²) in [6.07, 6.45) is 1.53. The molecule has 1 aromatic heterocycles. The van der Waals surface area contributed by atoms with E-state index in [0.717, 1.165) is 29.5 Å². The van der Waals surface area contributed by atoms with Crippen molar-refractivity contribution in [3.8, 4) is 11.5 Å². The van der Waals surface area contributed by atoms with Gasteiger partial charge in [0.2, 0.25) is 0 Å². The van der Waals surface area contributed by atoms with Crippen LogP contribution in [0.2, 0.25) is 0 Å². The van der Waals surface area contributed by atoms with Crippen LogP contribution < -0.4 is 20.1 Å². The highest BCUT2D eigenvalue weighted by molar-refractivity contribution is 5.67. The molecule has 0 unspecified atom stereocenters. The molecule has 0 bridgehead atoms. The van der Waals surface area contributed by atoms with Crippen LogP contribution in [0.15, 0.2) is 30.6 Å². The van der Waals surface area contributed by atoms with Gasteiger partial charge in [0, 0.05) is 18.7 Å². The second-order valence-corrected chi connectivity index (χ2v) is 5.25. The molecular formula is C16H22N4O2. The maximum Gasteiger partial charge on any atom is 0.142 e. The number of anilines is 3. The Bertz CT molecular complexity index is 617. The second kappa shape index (κ2) is 7.49. The number of ether oxygens (including phenoxy) is 2. The maximum atomic E-state index is 5.35. The Morgan fingerprint density at radius 1 is 1.05 bits per heavy atom. The number of hydrogen-bond acceptors (Lipinski definition) is 6. The SMILES string of the molecule is COc1ccc(OC)c(Nc2cc(NCC(C)C)ncn2)c1. The Hall–Kier alpha value is -2.50. The van der Waals surface area contributed by atoms with Crippen molar-refractivity contribution in [1.82, 2.24) is 9.97 Å². The summed E-state index contributed by atoms with van der Waals surface area (Å²) in [5, 5.41) is 6.50. The number of nitrogens with one attached hydrogen (secondary N) is 2. The normalized spacial score (nSPS) is 10.4. The molecule has 6 heteroatoms. The Balaban J connectivity index is 2.18. The van der Waals surface area contributed by atoms with Crippen molar-refractivity contribution in [3.63, 3.8) is 0 Å². The van der Waals surface area contributed by atoms with E-state index < -0.39 is 0 Å². The molecule has 2 N–H and O–H groups in total. The number of benzene rings is 1. The van der Waals surface area contributed by atoms with Crippen molar-refractivity contribution in [1.29, 1.82) is 0 Å². The number of hydrogen-bond donors (Lipinski definition) is 2. The molecule has 0 spiro atoms. The monoisotopic (exact) mass is 302 g/mol. The van der Waals surface area contributed by atoms with Gasteiger partial charge in [0.15, 0.2) is 0 Å². The zero-order valence-corrected chi connectivity index (χ0v) is 13.4. The summed E-state index contributed by atoms with van der Waals surface area (Å²) in [7, 11) is 3.26. The summed E-state index contributed by atoms with van der Waals surface area (Å²) in [5.74, 6) is 3.48. The van der Waals surface area contributed by atoms with E-state index in [1.165, 1.54) is 6.33 Å². The number of methoxy groups -OCH3 is 2. The van der Waals surface area contributed by atoms with E-state index in [2.05, 4.69) is 34.4 Å². The molecule has 22 heavy (non-hydrogen) atoms. The van der Waals surface area contributed by atoms with E-state index in [4.69, 9.17) is 9.47 Å². The van der Waals surface area contributed by atoms with Gasteiger partial charge in [0.05, 0.1) is 19.9 Å². The molecule has 1 heterocycles. The number of rotatable bonds is 7. The van der Waals surface area contributed by atoms with Crippen LogP contribution >= 0.6 is 0 Å². The largest absolute Gasteiger partial charge is 0.497 e. The number of aromatic nitrogens is 2. The smallest absolute Gasteiger partial charge is 0.142 e. The highest BCUT2D eigenvalue weighted by Gasteiger charge is 2.07. The Morgan fingerprint density at radius 3 is 2.50 bits per heavy atom. The molecule has 0 aliphatic heterocycles. The number of nitrogens with zero attached hydrogens (tertiary/aromatic N) is 2. The summed E-state index contributed by atoms with van der Waals surface area (Å²) in [6.45, 7) is 5.15. The highest BCUT2D eigenvalue weighted by atomic mass is 16.5. The Labute approximate surface area is 130 Å². The third-order valence-corrected chi connectivity index (χ3v) is 3.03. The lowest BCUT2D eigenvalue weighted by Crippen LogP contribution is -2.09. The van der Waals surface area contributed by atoms with Crippen molar-refractivity contribution < 1.29 is 9.47 Å². The maximum absolute atomic E-state index is 5.35. The molecule has 0 aliphatic rings. The van der Waals surface area contributed by atoms with E-state index >= 15 is 0 Å². The third kappa shape index (κ3) is 4.25. The fraction of sp³-hybridized carbons (Fsp3) is 0.375. The minimum absolute atomic E-state index is 0.546. The van der Waals surface area contributed by atoms with Gasteiger partial charge in [-0.25, -0.2) is 9.97 Å². The third-order valence-electron chi connectivity index (χ3n) is 3.03. The van der Waals surface area contributed by atoms with Crippen molar-refractivity contribution in [3.05, 3.63) is 30.6 Å². The topological polar surface area (TPSA) is 68.3 Å². The van der Waals surface area contributed by atoms with Gasteiger partial charge in [0.1, 0.15) is 29.5 Å². The Morgan fingerprint density at radius 2 is 1.82 bits per heavy atom. The van der Waals surface area contributed by atoms with Crippen LogP contribution in [0, 0.1) is 5.92 Å². The van der Waals surface area contributed by atoms with Crippen molar-refractivity contribution in [2.75, 3.05) is 31.4 Å². The molecule has 0 aliphatic carbocycles. The summed E-state index contributed by atoms with van der Waals surface area (Å²) in [6, 6.07) is 7.42. The predicted octanol–water partition coefficient (Wildman–Crippen LogP) is 3.31. The molecule has 2 aromatic rings. The zero-order chi connectivity index (χ0) is 15.9. The van der Waals surface area contributed by atoms with E-state index in [0.29, 0.717) is 11.7 Å². The van der Waals surface area contributed by atoms with Gasteiger partial charge < -0.3 is 20.1 Å². The molecule has 2 rings (SSSR count). The molecule has 0 atom stereocenters.